The molecule has 1 aliphatic heterocycles. The molecular formula is C20H21N3O2S. The Bertz CT molecular complexity index is 974. The molecule has 6 heteroatoms. The largest absolute Gasteiger partial charge is 0.481 e. The maximum Gasteiger partial charge on any atom is 0.306 e. The zero-order valence-corrected chi connectivity index (χ0v) is 15.7. The van der Waals surface area contributed by atoms with Crippen LogP contribution >= 0.6 is 11.3 Å². The minimum atomic E-state index is -0.691. The van der Waals surface area contributed by atoms with Crippen molar-refractivity contribution in [1.29, 1.82) is 0 Å². The van der Waals surface area contributed by atoms with Crippen molar-refractivity contribution in [3.8, 4) is 11.1 Å². The van der Waals surface area contributed by atoms with E-state index in [-0.39, 0.29) is 5.92 Å². The Kier molecular flexibility index (Phi) is 4.36. The van der Waals surface area contributed by atoms with E-state index in [1.165, 1.54) is 16.7 Å². The van der Waals surface area contributed by atoms with Crippen LogP contribution in [0.3, 0.4) is 0 Å². The molecule has 26 heavy (non-hydrogen) atoms. The first kappa shape index (κ1) is 17.0. The average molecular weight is 367 g/mol. The summed E-state index contributed by atoms with van der Waals surface area (Å²) >= 11 is 1.63. The molecule has 1 N–H and O–H groups in total. The third-order valence-corrected chi connectivity index (χ3v) is 6.20. The van der Waals surface area contributed by atoms with Gasteiger partial charge in [0.2, 0.25) is 0 Å². The molecule has 0 amide bonds. The number of aryl methyl sites for hydroxylation is 2. The first-order valence-electron chi connectivity index (χ1n) is 8.82. The molecule has 0 bridgehead atoms. The normalized spacial score (nSPS) is 15.5. The number of thiophene rings is 1. The predicted molar refractivity (Wildman–Crippen MR) is 105 cm³/mol. The smallest absolute Gasteiger partial charge is 0.306 e. The van der Waals surface area contributed by atoms with Crippen molar-refractivity contribution in [3.05, 3.63) is 41.0 Å². The maximum absolute atomic E-state index is 11.2. The molecule has 0 saturated carbocycles. The standard InChI is InChI=1S/C20H21N3O2S/c1-12-3-4-15(9-13(12)2)16-10-26-19-17(16)18(21-11-22-19)23-7-5-14(6-8-23)20(24)25/h3-4,9-11,14H,5-8H2,1-2H3,(H,24,25). The van der Waals surface area contributed by atoms with Gasteiger partial charge < -0.3 is 10.0 Å². The van der Waals surface area contributed by atoms with Crippen molar-refractivity contribution in [2.24, 2.45) is 5.92 Å². The first-order chi connectivity index (χ1) is 12.5. The second-order valence-corrected chi connectivity index (χ2v) is 7.78. The van der Waals surface area contributed by atoms with E-state index < -0.39 is 5.97 Å². The van der Waals surface area contributed by atoms with Crippen molar-refractivity contribution >= 4 is 33.3 Å². The summed E-state index contributed by atoms with van der Waals surface area (Å²) in [6.45, 7) is 5.67. The van der Waals surface area contributed by atoms with E-state index in [4.69, 9.17) is 0 Å². The fourth-order valence-electron chi connectivity index (χ4n) is 3.56. The van der Waals surface area contributed by atoms with Gasteiger partial charge >= 0.3 is 5.97 Å². The molecule has 3 heterocycles. The van der Waals surface area contributed by atoms with E-state index in [1.807, 2.05) is 0 Å². The molecule has 4 rings (SSSR count). The Hall–Kier alpha value is -2.47. The van der Waals surface area contributed by atoms with Crippen LogP contribution in [-0.4, -0.2) is 34.1 Å². The van der Waals surface area contributed by atoms with E-state index in [9.17, 15) is 9.90 Å². The summed E-state index contributed by atoms with van der Waals surface area (Å²) in [6.07, 6.45) is 2.93. The first-order valence-corrected chi connectivity index (χ1v) is 9.70. The van der Waals surface area contributed by atoms with Gasteiger partial charge in [-0.05, 0) is 43.4 Å². The Morgan fingerprint density at radius 3 is 2.65 bits per heavy atom. The summed E-state index contributed by atoms with van der Waals surface area (Å²) in [5.41, 5.74) is 4.88. The van der Waals surface area contributed by atoms with E-state index in [2.05, 4.69) is 52.3 Å². The highest BCUT2D eigenvalue weighted by Crippen LogP contribution is 2.39. The quantitative estimate of drug-likeness (QED) is 0.748. The molecule has 5 nitrogen and oxygen atoms in total. The monoisotopic (exact) mass is 367 g/mol. The molecule has 1 aliphatic rings. The van der Waals surface area contributed by atoms with Gasteiger partial charge in [0.05, 0.1) is 11.3 Å². The van der Waals surface area contributed by atoms with Crippen molar-refractivity contribution in [2.45, 2.75) is 26.7 Å². The van der Waals surface area contributed by atoms with Crippen LogP contribution in [0.1, 0.15) is 24.0 Å². The Morgan fingerprint density at radius 1 is 1.19 bits per heavy atom. The van der Waals surface area contributed by atoms with Gasteiger partial charge in [-0.15, -0.1) is 11.3 Å². The number of carboxylic acids is 1. The highest BCUT2D eigenvalue weighted by molar-refractivity contribution is 7.17. The lowest BCUT2D eigenvalue weighted by Gasteiger charge is -2.31. The number of piperidine rings is 1. The third-order valence-electron chi connectivity index (χ3n) is 5.31. The van der Waals surface area contributed by atoms with Crippen LogP contribution in [0.2, 0.25) is 0 Å². The van der Waals surface area contributed by atoms with E-state index in [0.29, 0.717) is 25.9 Å². The van der Waals surface area contributed by atoms with Crippen LogP contribution in [0.4, 0.5) is 5.82 Å². The number of carboxylic acid groups (broad SMARTS) is 1. The number of aliphatic carboxylic acids is 1. The summed E-state index contributed by atoms with van der Waals surface area (Å²) in [4.78, 5) is 23.4. The summed E-state index contributed by atoms with van der Waals surface area (Å²) in [5, 5.41) is 12.5. The second kappa shape index (κ2) is 6.68. The number of fused-ring (bicyclic) bond motifs is 1. The lowest BCUT2D eigenvalue weighted by molar-refractivity contribution is -0.142. The molecule has 1 fully saturated rings. The Balaban J connectivity index is 1.76. The third kappa shape index (κ3) is 2.94. The topological polar surface area (TPSA) is 66.3 Å². The van der Waals surface area contributed by atoms with Crippen LogP contribution in [0.5, 0.6) is 0 Å². The minimum Gasteiger partial charge on any atom is -0.481 e. The number of benzene rings is 1. The fourth-order valence-corrected chi connectivity index (χ4v) is 4.47. The van der Waals surface area contributed by atoms with Gasteiger partial charge in [0.25, 0.3) is 0 Å². The molecule has 1 saturated heterocycles. The number of hydrogen-bond donors (Lipinski definition) is 1. The maximum atomic E-state index is 11.2. The molecule has 0 aliphatic carbocycles. The van der Waals surface area contributed by atoms with Gasteiger partial charge in [0, 0.05) is 24.0 Å². The summed E-state index contributed by atoms with van der Waals surface area (Å²) in [5.74, 6) is -0.0116. The molecule has 0 unspecified atom stereocenters. The molecule has 1 aromatic carbocycles. The van der Waals surface area contributed by atoms with Crippen molar-refractivity contribution in [1.82, 2.24) is 9.97 Å². The molecule has 0 atom stereocenters. The van der Waals surface area contributed by atoms with Gasteiger partial charge in [-0.3, -0.25) is 4.79 Å². The minimum absolute atomic E-state index is 0.245. The molecule has 2 aromatic heterocycles. The highest BCUT2D eigenvalue weighted by atomic mass is 32.1. The summed E-state index contributed by atoms with van der Waals surface area (Å²) < 4.78 is 0. The lowest BCUT2D eigenvalue weighted by Crippen LogP contribution is -2.36. The van der Waals surface area contributed by atoms with E-state index >= 15 is 0 Å². The van der Waals surface area contributed by atoms with Gasteiger partial charge in [-0.25, -0.2) is 9.97 Å². The van der Waals surface area contributed by atoms with Crippen LogP contribution < -0.4 is 4.90 Å². The number of aromatic nitrogens is 2. The van der Waals surface area contributed by atoms with Crippen LogP contribution in [0, 0.1) is 19.8 Å². The number of rotatable bonds is 3. The van der Waals surface area contributed by atoms with E-state index in [1.54, 1.807) is 17.7 Å². The van der Waals surface area contributed by atoms with Crippen LogP contribution in [0.15, 0.2) is 29.9 Å². The second-order valence-electron chi connectivity index (χ2n) is 6.93. The zero-order chi connectivity index (χ0) is 18.3. The fraction of sp³-hybridized carbons (Fsp3) is 0.350. The number of anilines is 1. The summed E-state index contributed by atoms with van der Waals surface area (Å²) in [7, 11) is 0. The molecular weight excluding hydrogens is 346 g/mol. The number of carbonyl (C=O) groups is 1. The zero-order valence-electron chi connectivity index (χ0n) is 14.9. The van der Waals surface area contributed by atoms with Gasteiger partial charge in [0.1, 0.15) is 17.0 Å². The predicted octanol–water partition coefficient (Wildman–Crippen LogP) is 4.28. The summed E-state index contributed by atoms with van der Waals surface area (Å²) in [6, 6.07) is 6.51. The molecule has 0 radical (unpaired) electrons. The Labute approximate surface area is 156 Å². The number of hydrogen-bond acceptors (Lipinski definition) is 5. The van der Waals surface area contributed by atoms with Gasteiger partial charge in [0.15, 0.2) is 0 Å². The average Bonchev–Trinajstić information content (AvgIpc) is 3.08. The lowest BCUT2D eigenvalue weighted by atomic mass is 9.96. The van der Waals surface area contributed by atoms with E-state index in [0.717, 1.165) is 21.6 Å². The Morgan fingerprint density at radius 2 is 1.96 bits per heavy atom. The van der Waals surface area contributed by atoms with Crippen molar-refractivity contribution in [3.63, 3.8) is 0 Å². The number of nitrogens with zero attached hydrogens (tertiary/aromatic N) is 3. The SMILES string of the molecule is Cc1ccc(-c2csc3ncnc(N4CCC(C(=O)O)CC4)c23)cc1C. The van der Waals surface area contributed by atoms with Crippen LogP contribution in [0.25, 0.3) is 21.3 Å². The molecule has 0 spiro atoms. The van der Waals surface area contributed by atoms with Crippen LogP contribution in [-0.2, 0) is 4.79 Å². The highest BCUT2D eigenvalue weighted by Gasteiger charge is 2.27. The van der Waals surface area contributed by atoms with Crippen molar-refractivity contribution in [2.75, 3.05) is 18.0 Å². The van der Waals surface area contributed by atoms with Gasteiger partial charge in [-0.2, -0.15) is 0 Å². The molecule has 3 aromatic rings. The van der Waals surface area contributed by atoms with Crippen molar-refractivity contribution < 1.29 is 9.90 Å². The van der Waals surface area contributed by atoms with Gasteiger partial charge in [-0.1, -0.05) is 18.2 Å². The molecule has 134 valence electrons.